The van der Waals surface area contributed by atoms with Crippen molar-refractivity contribution in [2.24, 2.45) is 0 Å². The fourth-order valence-corrected chi connectivity index (χ4v) is 0. The Bertz CT molecular complexity index is 74.1. The SMILES string of the molecule is C.C.C.C.C.C.I.N=C=O.N=C=O. The Morgan fingerprint density at radius 1 is 0.615 bits per heavy atom. The summed E-state index contributed by atoms with van der Waals surface area (Å²) in [4.78, 5) is 16.7. The predicted molar refractivity (Wildman–Crippen MR) is 72.6 cm³/mol. The molecule has 0 aliphatic rings. The van der Waals surface area contributed by atoms with Gasteiger partial charge in [-0.1, -0.05) is 44.6 Å². The van der Waals surface area contributed by atoms with Crippen LogP contribution >= 0.6 is 24.0 Å². The van der Waals surface area contributed by atoms with Crippen molar-refractivity contribution in [3.05, 3.63) is 0 Å². The predicted octanol–water partition coefficient (Wildman–Crippen LogP) is 4.24. The molecule has 0 amide bonds. The van der Waals surface area contributed by atoms with Crippen molar-refractivity contribution in [3.63, 3.8) is 0 Å². The van der Waals surface area contributed by atoms with E-state index < -0.39 is 0 Å². The molecule has 0 rings (SSSR count). The van der Waals surface area contributed by atoms with E-state index in [-0.39, 0.29) is 68.5 Å². The van der Waals surface area contributed by atoms with Gasteiger partial charge in [-0.05, 0) is 0 Å². The summed E-state index contributed by atoms with van der Waals surface area (Å²) in [7, 11) is 0. The Morgan fingerprint density at radius 3 is 0.615 bits per heavy atom. The van der Waals surface area contributed by atoms with Crippen LogP contribution < -0.4 is 0 Å². The minimum Gasteiger partial charge on any atom is -0.222 e. The maximum atomic E-state index is 8.35. The first-order chi connectivity index (χ1) is 2.83. The molecule has 0 bridgehead atoms. The first-order valence-corrected chi connectivity index (χ1v) is 0.908. The molecular formula is C8H27IN2O2. The largest absolute Gasteiger partial charge is 0.231 e. The van der Waals surface area contributed by atoms with Crippen LogP contribution in [0.3, 0.4) is 0 Å². The Kier molecular flexibility index (Phi) is 5930. The highest BCUT2D eigenvalue weighted by Gasteiger charge is 1.04. The summed E-state index contributed by atoms with van der Waals surface area (Å²) in [6, 6.07) is 0. The minimum atomic E-state index is 0. The summed E-state index contributed by atoms with van der Waals surface area (Å²) < 4.78 is 0. The third kappa shape index (κ3) is 3980. The average Bonchev–Trinajstić information content (AvgIpc) is 1.39. The molecule has 0 fully saturated rings. The fourth-order valence-electron chi connectivity index (χ4n) is 0. The highest BCUT2D eigenvalue weighted by atomic mass is 127. The van der Waals surface area contributed by atoms with E-state index in [0.29, 0.717) is 0 Å². The molecule has 2 N–H and O–H groups in total. The Hall–Kier alpha value is -0.510. The minimum absolute atomic E-state index is 0. The molecule has 13 heavy (non-hydrogen) atoms. The number of hydrogen-bond acceptors (Lipinski definition) is 4. The molecule has 0 unspecified atom stereocenters. The monoisotopic (exact) mass is 310 g/mol. The van der Waals surface area contributed by atoms with Gasteiger partial charge in [-0.15, -0.1) is 24.0 Å². The molecular weight excluding hydrogens is 283 g/mol. The van der Waals surface area contributed by atoms with Crippen LogP contribution in [0, 0.1) is 10.8 Å². The van der Waals surface area contributed by atoms with Crippen molar-refractivity contribution in [2.75, 3.05) is 0 Å². The second-order valence-electron chi connectivity index (χ2n) is 0.204. The lowest BCUT2D eigenvalue weighted by Gasteiger charge is -1.02. The van der Waals surface area contributed by atoms with Crippen LogP contribution in [0.1, 0.15) is 44.6 Å². The van der Waals surface area contributed by atoms with E-state index in [1.165, 1.54) is 0 Å². The van der Waals surface area contributed by atoms with Crippen molar-refractivity contribution >= 4 is 36.1 Å². The van der Waals surface area contributed by atoms with Gasteiger partial charge < -0.3 is 0 Å². The van der Waals surface area contributed by atoms with Crippen LogP contribution in [-0.4, -0.2) is 12.2 Å². The van der Waals surface area contributed by atoms with Crippen molar-refractivity contribution < 1.29 is 9.59 Å². The van der Waals surface area contributed by atoms with Gasteiger partial charge in [0.2, 0.25) is 12.2 Å². The lowest BCUT2D eigenvalue weighted by Crippen LogP contribution is -1.16. The number of halogens is 1. The summed E-state index contributed by atoms with van der Waals surface area (Å²) >= 11 is 0. The Balaban J connectivity index is -0.00000000229. The van der Waals surface area contributed by atoms with E-state index in [0.717, 1.165) is 12.2 Å². The molecule has 0 radical (unpaired) electrons. The van der Waals surface area contributed by atoms with E-state index in [2.05, 4.69) is 0 Å². The number of rotatable bonds is 0. The van der Waals surface area contributed by atoms with Gasteiger partial charge in [0.1, 0.15) is 0 Å². The van der Waals surface area contributed by atoms with E-state index in [4.69, 9.17) is 20.4 Å². The maximum Gasteiger partial charge on any atom is 0.231 e. The smallest absolute Gasteiger partial charge is 0.222 e. The molecule has 0 aromatic rings. The van der Waals surface area contributed by atoms with Gasteiger partial charge in [0.15, 0.2) is 0 Å². The third-order valence-electron chi connectivity index (χ3n) is 0. The summed E-state index contributed by atoms with van der Waals surface area (Å²) in [6.07, 6.45) is 1.50. The fraction of sp³-hybridized carbons (Fsp3) is 0.750. The molecule has 0 aliphatic carbocycles. The van der Waals surface area contributed by atoms with Crippen LogP contribution in [0.25, 0.3) is 0 Å². The molecule has 0 saturated heterocycles. The van der Waals surface area contributed by atoms with Crippen molar-refractivity contribution in [1.82, 2.24) is 0 Å². The highest BCUT2D eigenvalue weighted by molar-refractivity contribution is 14.0. The number of isocyanates is 2. The van der Waals surface area contributed by atoms with Gasteiger partial charge >= 0.3 is 0 Å². The molecule has 0 aromatic heterocycles. The zero-order valence-corrected chi connectivity index (χ0v) is 5.56. The first kappa shape index (κ1) is 135. The molecule has 0 heterocycles. The van der Waals surface area contributed by atoms with Crippen LogP contribution in [0.15, 0.2) is 0 Å². The van der Waals surface area contributed by atoms with E-state index >= 15 is 0 Å². The summed E-state index contributed by atoms with van der Waals surface area (Å²) in [5.41, 5.74) is 0. The molecule has 0 saturated carbocycles. The van der Waals surface area contributed by atoms with Gasteiger partial charge in [-0.25, -0.2) is 20.4 Å². The van der Waals surface area contributed by atoms with Gasteiger partial charge in [-0.3, -0.25) is 0 Å². The lowest BCUT2D eigenvalue weighted by molar-refractivity contribution is 0.562. The molecule has 0 aliphatic heterocycles. The summed E-state index contributed by atoms with van der Waals surface area (Å²) in [5.74, 6) is 0. The number of carbonyl (C=O) groups excluding carboxylic acids is 2. The van der Waals surface area contributed by atoms with E-state index in [1.807, 2.05) is 0 Å². The molecule has 5 heteroatoms. The van der Waals surface area contributed by atoms with Crippen molar-refractivity contribution in [3.8, 4) is 0 Å². The zero-order chi connectivity index (χ0) is 5.41. The summed E-state index contributed by atoms with van der Waals surface area (Å²) in [6.45, 7) is 0. The van der Waals surface area contributed by atoms with E-state index in [9.17, 15) is 0 Å². The van der Waals surface area contributed by atoms with Crippen LogP contribution in [0.2, 0.25) is 0 Å². The second-order valence-corrected chi connectivity index (χ2v) is 0.204. The Labute approximate surface area is 101 Å². The van der Waals surface area contributed by atoms with Gasteiger partial charge in [-0.2, -0.15) is 0 Å². The zero-order valence-electron chi connectivity index (χ0n) is 3.22. The normalized spacial score (nSPS) is 1.23. The molecule has 4 nitrogen and oxygen atoms in total. The quantitative estimate of drug-likeness (QED) is 0.398. The third-order valence-corrected chi connectivity index (χ3v) is 0. The molecule has 0 aromatic carbocycles. The second kappa shape index (κ2) is 570. The average molecular weight is 310 g/mol. The number of nitrogens with one attached hydrogen (secondary N) is 2. The van der Waals surface area contributed by atoms with Gasteiger partial charge in [0.05, 0.1) is 0 Å². The van der Waals surface area contributed by atoms with Crippen molar-refractivity contribution in [2.45, 2.75) is 44.6 Å². The van der Waals surface area contributed by atoms with Gasteiger partial charge in [0, 0.05) is 0 Å². The lowest BCUT2D eigenvalue weighted by atomic mass is 11.7. The highest BCUT2D eigenvalue weighted by Crippen LogP contribution is 0.886. The first-order valence-electron chi connectivity index (χ1n) is 0.908. The van der Waals surface area contributed by atoms with Crippen molar-refractivity contribution in [1.29, 1.82) is 10.8 Å². The summed E-state index contributed by atoms with van der Waals surface area (Å²) in [5, 5.41) is 10.8. The van der Waals surface area contributed by atoms with Crippen LogP contribution in [0.5, 0.6) is 0 Å². The van der Waals surface area contributed by atoms with Gasteiger partial charge in [0.25, 0.3) is 0 Å². The molecule has 0 spiro atoms. The topological polar surface area (TPSA) is 81.8 Å². The van der Waals surface area contributed by atoms with E-state index in [1.54, 1.807) is 0 Å². The number of hydrogen-bond donors (Lipinski definition) is 2. The molecule has 88 valence electrons. The standard InChI is InChI=1S/2CHNO.6CH4.HI/c2*2-1-3;;;;;;;/h2*2H;6*1H4;1H. The van der Waals surface area contributed by atoms with Crippen LogP contribution in [-0.2, 0) is 9.59 Å². The van der Waals surface area contributed by atoms with Crippen LogP contribution in [0.4, 0.5) is 0 Å². The molecule has 0 atom stereocenters. The maximum absolute atomic E-state index is 8.35. The Morgan fingerprint density at radius 2 is 0.615 bits per heavy atom.